The molecule has 1 saturated heterocycles. The maximum absolute atomic E-state index is 5.91. The average Bonchev–Trinajstić information content (AvgIpc) is 2.71. The summed E-state index contributed by atoms with van der Waals surface area (Å²) in [5, 5.41) is 0. The monoisotopic (exact) mass is 252 g/mol. The van der Waals surface area contributed by atoms with E-state index in [1.54, 1.807) is 10.5 Å². The Morgan fingerprint density at radius 1 is 1.39 bits per heavy atom. The van der Waals surface area contributed by atoms with Crippen molar-refractivity contribution in [3.63, 3.8) is 0 Å². The van der Waals surface area contributed by atoms with Gasteiger partial charge in [0.2, 0.25) is 0 Å². The van der Waals surface area contributed by atoms with Gasteiger partial charge in [0.05, 0.1) is 6.54 Å². The lowest BCUT2D eigenvalue weighted by molar-refractivity contribution is -0.932. The van der Waals surface area contributed by atoms with Gasteiger partial charge in [-0.25, -0.2) is 0 Å². The van der Waals surface area contributed by atoms with Crippen LogP contribution in [0, 0.1) is 23.7 Å². The Hall–Kier alpha value is -0.340. The maximum atomic E-state index is 5.91. The van der Waals surface area contributed by atoms with Crippen LogP contribution in [0.2, 0.25) is 0 Å². The van der Waals surface area contributed by atoms with Crippen molar-refractivity contribution in [1.29, 1.82) is 0 Å². The number of rotatable bonds is 3. The van der Waals surface area contributed by atoms with Crippen molar-refractivity contribution < 1.29 is 9.64 Å². The third-order valence-corrected chi connectivity index (χ3v) is 4.82. The molecule has 1 N–H and O–H groups in total. The van der Waals surface area contributed by atoms with Crippen molar-refractivity contribution in [1.82, 2.24) is 0 Å². The quantitative estimate of drug-likeness (QED) is 0.760. The lowest BCUT2D eigenvalue weighted by Gasteiger charge is -2.35. The van der Waals surface area contributed by atoms with Crippen molar-refractivity contribution in [2.75, 3.05) is 19.7 Å². The molecular formula is C16H30NO+. The predicted octanol–water partition coefficient (Wildman–Crippen LogP) is 2.12. The second-order valence-corrected chi connectivity index (χ2v) is 6.87. The molecule has 2 rings (SSSR count). The minimum atomic E-state index is 0.427. The number of allylic oxidation sites excluding steroid dienone is 2. The van der Waals surface area contributed by atoms with Crippen molar-refractivity contribution in [2.24, 2.45) is 23.7 Å². The van der Waals surface area contributed by atoms with E-state index in [2.05, 4.69) is 40.7 Å². The van der Waals surface area contributed by atoms with Crippen LogP contribution < -0.4 is 4.90 Å². The molecule has 0 spiro atoms. The van der Waals surface area contributed by atoms with Gasteiger partial charge in [0.1, 0.15) is 13.2 Å². The van der Waals surface area contributed by atoms with E-state index in [0.29, 0.717) is 12.1 Å². The molecule has 104 valence electrons. The van der Waals surface area contributed by atoms with Crippen LogP contribution in [-0.2, 0) is 4.74 Å². The van der Waals surface area contributed by atoms with Gasteiger partial charge in [-0.3, -0.25) is 0 Å². The lowest BCUT2D eigenvalue weighted by Crippen LogP contribution is -3.15. The molecule has 1 aliphatic heterocycles. The van der Waals surface area contributed by atoms with Gasteiger partial charge in [-0.2, -0.15) is 0 Å². The van der Waals surface area contributed by atoms with Crippen molar-refractivity contribution in [3.05, 3.63) is 11.6 Å². The first-order valence-electron chi connectivity index (χ1n) is 7.62. The number of quaternary nitrogens is 1. The first-order valence-corrected chi connectivity index (χ1v) is 7.62. The van der Waals surface area contributed by atoms with Crippen LogP contribution in [0.3, 0.4) is 0 Å². The lowest BCUT2D eigenvalue weighted by atomic mass is 9.74. The summed E-state index contributed by atoms with van der Waals surface area (Å²) >= 11 is 0. The molecule has 0 aromatic carbocycles. The van der Waals surface area contributed by atoms with Crippen molar-refractivity contribution >= 4 is 0 Å². The predicted molar refractivity (Wildman–Crippen MR) is 75.5 cm³/mol. The molecular weight excluding hydrogens is 222 g/mol. The Bertz CT molecular complexity index is 310. The van der Waals surface area contributed by atoms with Crippen LogP contribution in [0.5, 0.6) is 0 Å². The third kappa shape index (κ3) is 2.97. The van der Waals surface area contributed by atoms with E-state index in [1.807, 2.05) is 0 Å². The van der Waals surface area contributed by atoms with E-state index in [0.717, 1.165) is 24.4 Å². The van der Waals surface area contributed by atoms with E-state index >= 15 is 0 Å². The highest BCUT2D eigenvalue weighted by atomic mass is 16.5. The van der Waals surface area contributed by atoms with E-state index in [-0.39, 0.29) is 0 Å². The summed E-state index contributed by atoms with van der Waals surface area (Å²) in [5.41, 5.74) is 1.58. The summed E-state index contributed by atoms with van der Waals surface area (Å²) in [4.78, 5) is 1.68. The fraction of sp³-hybridized carbons (Fsp3) is 0.875. The minimum absolute atomic E-state index is 0.427. The van der Waals surface area contributed by atoms with E-state index < -0.39 is 0 Å². The molecule has 1 fully saturated rings. The summed E-state index contributed by atoms with van der Waals surface area (Å²) in [6.45, 7) is 15.1. The highest BCUT2D eigenvalue weighted by Crippen LogP contribution is 2.32. The fourth-order valence-electron chi connectivity index (χ4n) is 3.97. The number of nitrogens with one attached hydrogen (secondary N) is 1. The van der Waals surface area contributed by atoms with E-state index in [1.165, 1.54) is 19.5 Å². The molecule has 1 heterocycles. The summed E-state index contributed by atoms with van der Waals surface area (Å²) in [6.07, 6.45) is 4.21. The van der Waals surface area contributed by atoms with Gasteiger partial charge < -0.3 is 9.64 Å². The number of hydrogen-bond donors (Lipinski definition) is 1. The van der Waals surface area contributed by atoms with Crippen LogP contribution in [0.15, 0.2) is 11.6 Å². The molecule has 0 radical (unpaired) electrons. The smallest absolute Gasteiger partial charge is 0.194 e. The Labute approximate surface area is 112 Å². The Morgan fingerprint density at radius 2 is 2.11 bits per heavy atom. The summed E-state index contributed by atoms with van der Waals surface area (Å²) in [7, 11) is 0. The van der Waals surface area contributed by atoms with Gasteiger partial charge >= 0.3 is 0 Å². The molecule has 1 aliphatic carbocycles. The molecule has 5 atom stereocenters. The molecule has 2 aliphatic rings. The molecule has 0 aromatic rings. The van der Waals surface area contributed by atoms with E-state index in [9.17, 15) is 0 Å². The maximum Gasteiger partial charge on any atom is 0.194 e. The van der Waals surface area contributed by atoms with Crippen LogP contribution in [0.4, 0.5) is 0 Å². The molecule has 2 heteroatoms. The molecule has 1 unspecified atom stereocenters. The zero-order valence-corrected chi connectivity index (χ0v) is 12.7. The first-order chi connectivity index (χ1) is 8.49. The van der Waals surface area contributed by atoms with Crippen LogP contribution >= 0.6 is 0 Å². The molecule has 0 saturated carbocycles. The first kappa shape index (κ1) is 14.1. The number of hydrogen-bond acceptors (Lipinski definition) is 1. The Morgan fingerprint density at radius 3 is 2.72 bits per heavy atom. The Kier molecular flexibility index (Phi) is 4.50. The molecule has 18 heavy (non-hydrogen) atoms. The fourth-order valence-corrected chi connectivity index (χ4v) is 3.97. The highest BCUT2D eigenvalue weighted by Gasteiger charge is 2.37. The van der Waals surface area contributed by atoms with Gasteiger partial charge in [0.25, 0.3) is 0 Å². The summed E-state index contributed by atoms with van der Waals surface area (Å²) in [5.74, 6) is 3.02. The van der Waals surface area contributed by atoms with Crippen LogP contribution in [-0.4, -0.2) is 25.9 Å². The normalized spacial score (nSPS) is 41.2. The third-order valence-electron chi connectivity index (χ3n) is 4.82. The number of ether oxygens (including phenoxy) is 1. The molecule has 0 bridgehead atoms. The topological polar surface area (TPSA) is 13.7 Å². The van der Waals surface area contributed by atoms with E-state index in [4.69, 9.17) is 4.74 Å². The highest BCUT2D eigenvalue weighted by molar-refractivity contribution is 5.08. The van der Waals surface area contributed by atoms with Crippen LogP contribution in [0.1, 0.15) is 41.0 Å². The van der Waals surface area contributed by atoms with Gasteiger partial charge in [0.15, 0.2) is 6.23 Å². The van der Waals surface area contributed by atoms with Crippen molar-refractivity contribution in [2.45, 2.75) is 47.3 Å². The zero-order valence-electron chi connectivity index (χ0n) is 12.7. The molecule has 0 aromatic heterocycles. The van der Waals surface area contributed by atoms with Gasteiger partial charge in [-0.05, 0) is 25.2 Å². The largest absolute Gasteiger partial charge is 0.323 e. The molecule has 2 nitrogen and oxygen atoms in total. The van der Waals surface area contributed by atoms with Crippen LogP contribution in [0.25, 0.3) is 0 Å². The molecule has 0 amide bonds. The standard InChI is InChI=1S/C16H29NO/c1-11(2)16-17(6-7-18-16)10-15-13(4)8-12(3)9-14(15)5/h8,11,13-16H,6-7,9-10H2,1-5H3/p+1/t13-,14+,15-,16+/m0/s1. The SMILES string of the molecule is CC1=C[C@H](C)[C@H](C[NH+]2CCO[C@@H]2C(C)C)[C@H](C)C1. The second kappa shape index (κ2) is 5.75. The second-order valence-electron chi connectivity index (χ2n) is 6.87. The van der Waals surface area contributed by atoms with Gasteiger partial charge in [-0.15, -0.1) is 0 Å². The zero-order chi connectivity index (χ0) is 13.3. The van der Waals surface area contributed by atoms with Gasteiger partial charge in [-0.1, -0.05) is 39.3 Å². The summed E-state index contributed by atoms with van der Waals surface area (Å²) in [6, 6.07) is 0. The average molecular weight is 252 g/mol. The summed E-state index contributed by atoms with van der Waals surface area (Å²) < 4.78 is 5.91. The minimum Gasteiger partial charge on any atom is -0.323 e. The van der Waals surface area contributed by atoms with Gasteiger partial charge in [0, 0.05) is 11.8 Å². The van der Waals surface area contributed by atoms with Crippen molar-refractivity contribution in [3.8, 4) is 0 Å². The Balaban J connectivity index is 2.00.